The van der Waals surface area contributed by atoms with Crippen molar-refractivity contribution in [2.24, 2.45) is 0 Å². The van der Waals surface area contributed by atoms with Crippen molar-refractivity contribution in [3.05, 3.63) is 54.4 Å². The van der Waals surface area contributed by atoms with Gasteiger partial charge in [0.05, 0.1) is 24.9 Å². The van der Waals surface area contributed by atoms with Crippen LogP contribution < -0.4 is 9.46 Å². The van der Waals surface area contributed by atoms with Crippen molar-refractivity contribution in [1.29, 1.82) is 0 Å². The predicted octanol–water partition coefficient (Wildman–Crippen LogP) is 5.68. The van der Waals surface area contributed by atoms with Gasteiger partial charge in [-0.1, -0.05) is 26.8 Å². The highest BCUT2D eigenvalue weighted by Crippen LogP contribution is 2.40. The third-order valence-electron chi connectivity index (χ3n) is 6.55. The Balaban J connectivity index is 2.21. The van der Waals surface area contributed by atoms with E-state index >= 15 is 0 Å². The summed E-state index contributed by atoms with van der Waals surface area (Å²) in [5.74, 6) is 0.540. The molecule has 0 spiro atoms. The summed E-state index contributed by atoms with van der Waals surface area (Å²) in [5.41, 5.74) is 0.631. The fourth-order valence-corrected chi connectivity index (χ4v) is 5.12. The molecular formula is C28H46N4O6SSi. The summed E-state index contributed by atoms with van der Waals surface area (Å²) in [6.07, 6.45) is 2.62. The summed E-state index contributed by atoms with van der Waals surface area (Å²) >= 11 is 0. The number of hydrogen-bond donors (Lipinski definition) is 1. The quantitative estimate of drug-likeness (QED) is 0.315. The van der Waals surface area contributed by atoms with Gasteiger partial charge in [-0.25, -0.2) is 4.79 Å². The number of anilines is 1. The van der Waals surface area contributed by atoms with Gasteiger partial charge in [0.2, 0.25) is 0 Å². The van der Waals surface area contributed by atoms with E-state index in [4.69, 9.17) is 13.9 Å². The van der Waals surface area contributed by atoms with Crippen molar-refractivity contribution in [1.82, 2.24) is 14.2 Å². The molecule has 1 atom stereocenters. The molecule has 0 bridgehead atoms. The van der Waals surface area contributed by atoms with Gasteiger partial charge in [0, 0.05) is 26.5 Å². The number of ether oxygens (including phenoxy) is 2. The Morgan fingerprint density at radius 3 is 2.17 bits per heavy atom. The van der Waals surface area contributed by atoms with Crippen LogP contribution in [0, 0.1) is 0 Å². The molecule has 0 aliphatic heterocycles. The first kappa shape index (κ1) is 33.5. The van der Waals surface area contributed by atoms with Gasteiger partial charge >= 0.3 is 16.3 Å². The summed E-state index contributed by atoms with van der Waals surface area (Å²) in [4.78, 5) is 19.2. The number of benzene rings is 1. The zero-order chi connectivity index (χ0) is 30.4. The van der Waals surface area contributed by atoms with Crippen molar-refractivity contribution >= 4 is 30.3 Å². The molecule has 2 aromatic rings. The minimum absolute atomic E-state index is 0.0276. The molecule has 1 aromatic heterocycles. The summed E-state index contributed by atoms with van der Waals surface area (Å²) < 4.78 is 46.1. The van der Waals surface area contributed by atoms with E-state index in [1.807, 2.05) is 32.9 Å². The van der Waals surface area contributed by atoms with Gasteiger partial charge in [-0.05, 0) is 74.8 Å². The lowest BCUT2D eigenvalue weighted by Crippen LogP contribution is -2.46. The zero-order valence-corrected chi connectivity index (χ0v) is 27.3. The zero-order valence-electron chi connectivity index (χ0n) is 25.5. The molecule has 12 heteroatoms. The highest BCUT2D eigenvalue weighted by molar-refractivity contribution is 7.90. The molecule has 0 saturated carbocycles. The highest BCUT2D eigenvalue weighted by atomic mass is 32.2. The number of amides is 1. The van der Waals surface area contributed by atoms with Crippen LogP contribution in [0.2, 0.25) is 18.1 Å². The molecule has 1 unspecified atom stereocenters. The standard InChI is InChI=1S/C28H46N4O6SSi/c1-27(2,3)37-26(33)32(18-19-36-24-15-13-23(14-16-24)30-39(34,35)31(7)8)21-25(22-12-11-17-29-20-22)38-40(9,10)28(4,5)6/h11-17,20,25,30H,18-19,21H2,1-10H3. The molecule has 1 heterocycles. The van der Waals surface area contributed by atoms with Crippen LogP contribution in [0.15, 0.2) is 48.8 Å². The van der Waals surface area contributed by atoms with Crippen molar-refractivity contribution in [2.45, 2.75) is 71.4 Å². The molecule has 0 aliphatic rings. The van der Waals surface area contributed by atoms with Gasteiger partial charge in [-0.2, -0.15) is 12.7 Å². The van der Waals surface area contributed by atoms with Gasteiger partial charge in [-0.15, -0.1) is 0 Å². The molecule has 0 aliphatic carbocycles. The SMILES string of the molecule is CN(C)S(=O)(=O)Nc1ccc(OCCN(CC(O[Si](C)(C)C(C)(C)C)c2cccnc2)C(=O)OC(C)(C)C)cc1. The molecule has 2 rings (SSSR count). The van der Waals surface area contributed by atoms with E-state index in [2.05, 4.69) is 43.6 Å². The number of nitrogens with one attached hydrogen (secondary N) is 1. The molecule has 1 aromatic carbocycles. The Morgan fingerprint density at radius 2 is 1.68 bits per heavy atom. The molecule has 10 nitrogen and oxygen atoms in total. The van der Waals surface area contributed by atoms with Crippen molar-refractivity contribution < 1.29 is 27.1 Å². The third kappa shape index (κ3) is 10.4. The summed E-state index contributed by atoms with van der Waals surface area (Å²) in [5, 5.41) is -0.0276. The normalized spacial score (nSPS) is 13.6. The lowest BCUT2D eigenvalue weighted by Gasteiger charge is -2.40. The van der Waals surface area contributed by atoms with E-state index < -0.39 is 36.3 Å². The smallest absolute Gasteiger partial charge is 0.410 e. The Bertz CT molecular complexity index is 1190. The molecule has 40 heavy (non-hydrogen) atoms. The fraction of sp³-hybridized carbons (Fsp3) is 0.571. The second-order valence-electron chi connectivity index (χ2n) is 12.3. The van der Waals surface area contributed by atoms with Crippen LogP contribution in [0.5, 0.6) is 5.75 Å². The lowest BCUT2D eigenvalue weighted by molar-refractivity contribution is 0.0129. The number of pyridine rings is 1. The van der Waals surface area contributed by atoms with E-state index in [1.165, 1.54) is 14.1 Å². The first-order valence-electron chi connectivity index (χ1n) is 13.3. The largest absolute Gasteiger partial charge is 0.492 e. The van der Waals surface area contributed by atoms with Crippen LogP contribution in [-0.4, -0.2) is 76.4 Å². The molecule has 0 fully saturated rings. The van der Waals surface area contributed by atoms with Crippen LogP contribution in [0.25, 0.3) is 0 Å². The van der Waals surface area contributed by atoms with Gasteiger partial charge in [0.25, 0.3) is 0 Å². The van der Waals surface area contributed by atoms with Gasteiger partial charge in [0.15, 0.2) is 8.32 Å². The van der Waals surface area contributed by atoms with Gasteiger partial charge in [-0.3, -0.25) is 9.71 Å². The number of hydrogen-bond acceptors (Lipinski definition) is 7. The Kier molecular flexibility index (Phi) is 11.2. The maximum atomic E-state index is 13.3. The minimum Gasteiger partial charge on any atom is -0.492 e. The van der Waals surface area contributed by atoms with Crippen LogP contribution >= 0.6 is 0 Å². The number of carbonyl (C=O) groups is 1. The predicted molar refractivity (Wildman–Crippen MR) is 161 cm³/mol. The van der Waals surface area contributed by atoms with Crippen molar-refractivity contribution in [3.63, 3.8) is 0 Å². The van der Waals surface area contributed by atoms with Gasteiger partial charge < -0.3 is 18.8 Å². The molecule has 224 valence electrons. The number of rotatable bonds is 12. The third-order valence-corrected chi connectivity index (χ3v) is 12.5. The lowest BCUT2D eigenvalue weighted by atomic mass is 10.1. The van der Waals surface area contributed by atoms with Crippen LogP contribution in [0.1, 0.15) is 53.2 Å². The number of carbonyl (C=O) groups excluding carboxylic acids is 1. The molecule has 0 radical (unpaired) electrons. The van der Waals surface area contributed by atoms with E-state index in [0.717, 1.165) is 9.87 Å². The highest BCUT2D eigenvalue weighted by Gasteiger charge is 2.40. The Labute approximate surface area is 241 Å². The first-order valence-corrected chi connectivity index (χ1v) is 17.6. The summed E-state index contributed by atoms with van der Waals surface area (Å²) in [6.45, 7) is 17.1. The molecular weight excluding hydrogens is 548 g/mol. The minimum atomic E-state index is -3.60. The second-order valence-corrected chi connectivity index (χ2v) is 19.0. The van der Waals surface area contributed by atoms with Crippen LogP contribution in [0.3, 0.4) is 0 Å². The molecule has 1 amide bonds. The topological polar surface area (TPSA) is 110 Å². The van der Waals surface area contributed by atoms with E-state index in [9.17, 15) is 13.2 Å². The molecule has 0 saturated heterocycles. The van der Waals surface area contributed by atoms with E-state index in [-0.39, 0.29) is 24.7 Å². The van der Waals surface area contributed by atoms with Crippen LogP contribution in [0.4, 0.5) is 10.5 Å². The molecule has 1 N–H and O–H groups in total. The Morgan fingerprint density at radius 1 is 1.05 bits per heavy atom. The van der Waals surface area contributed by atoms with Gasteiger partial charge in [0.1, 0.15) is 18.0 Å². The van der Waals surface area contributed by atoms with E-state index in [1.54, 1.807) is 41.6 Å². The van der Waals surface area contributed by atoms with Crippen molar-refractivity contribution in [3.8, 4) is 5.75 Å². The Hall–Kier alpha value is -2.67. The average molecular weight is 595 g/mol. The average Bonchev–Trinajstić information content (AvgIpc) is 2.82. The summed E-state index contributed by atoms with van der Waals surface area (Å²) in [6, 6.07) is 10.4. The first-order chi connectivity index (χ1) is 18.3. The van der Waals surface area contributed by atoms with Crippen LogP contribution in [-0.2, 0) is 19.4 Å². The van der Waals surface area contributed by atoms with Crippen molar-refractivity contribution in [2.75, 3.05) is 38.5 Å². The monoisotopic (exact) mass is 594 g/mol. The fourth-order valence-electron chi connectivity index (χ4n) is 3.23. The maximum absolute atomic E-state index is 13.3. The number of nitrogens with zero attached hydrogens (tertiary/aromatic N) is 3. The maximum Gasteiger partial charge on any atom is 0.410 e. The number of aromatic nitrogens is 1. The second kappa shape index (κ2) is 13.3. The summed E-state index contributed by atoms with van der Waals surface area (Å²) in [7, 11) is -2.90. The van der Waals surface area contributed by atoms with E-state index in [0.29, 0.717) is 11.4 Å².